The normalized spacial score (nSPS) is 5.80. The van der Waals surface area contributed by atoms with Gasteiger partial charge in [-0.05, 0) is 0 Å². The van der Waals surface area contributed by atoms with Gasteiger partial charge in [-0.2, -0.15) is 0 Å². The molecule has 28 valence electrons. The summed E-state index contributed by atoms with van der Waals surface area (Å²) < 4.78 is 4.15. The van der Waals surface area contributed by atoms with Crippen molar-refractivity contribution < 1.29 is 9.45 Å². The predicted molar refractivity (Wildman–Crippen MR) is 20.2 cm³/mol. The van der Waals surface area contributed by atoms with Crippen molar-refractivity contribution in [1.82, 2.24) is 0 Å². The van der Waals surface area contributed by atoms with E-state index >= 15 is 0 Å². The van der Waals surface area contributed by atoms with Crippen LogP contribution in [0.25, 0.3) is 0 Å². The van der Waals surface area contributed by atoms with Gasteiger partial charge in [0, 0.05) is 0 Å². The van der Waals surface area contributed by atoms with Gasteiger partial charge in [0.2, 0.25) is 0 Å². The second kappa shape index (κ2) is 3.53. The van der Waals surface area contributed by atoms with Gasteiger partial charge in [-0.25, -0.2) is 0 Å². The summed E-state index contributed by atoms with van der Waals surface area (Å²) in [6, 6.07) is 0. The van der Waals surface area contributed by atoms with E-state index in [9.17, 15) is 4.79 Å². The van der Waals surface area contributed by atoms with E-state index in [-0.39, 0.29) is 0 Å². The van der Waals surface area contributed by atoms with E-state index in [1.54, 1.807) is 6.82 Å². The summed E-state index contributed by atoms with van der Waals surface area (Å²) in [4.78, 5) is 9.18. The van der Waals surface area contributed by atoms with E-state index in [1.807, 2.05) is 0 Å². The van der Waals surface area contributed by atoms with Crippen LogP contribution in [0.4, 0.5) is 0 Å². The first-order valence-electron chi connectivity index (χ1n) is 1.47. The highest BCUT2D eigenvalue weighted by Crippen LogP contribution is 1.51. The van der Waals surface area contributed by atoms with E-state index in [4.69, 9.17) is 0 Å². The number of carbonyl (C=O) groups is 1. The molecule has 5 heavy (non-hydrogen) atoms. The lowest BCUT2D eigenvalue weighted by Gasteiger charge is -1.77. The van der Waals surface area contributed by atoms with Crippen LogP contribution < -0.4 is 0 Å². The van der Waals surface area contributed by atoms with Crippen molar-refractivity contribution in [1.29, 1.82) is 0 Å². The Morgan fingerprint density at radius 1 is 2.00 bits per heavy atom. The standard InChI is InChI=1S/C2H5BO2/c1-3-5-2-4/h2-3H,1H3. The highest BCUT2D eigenvalue weighted by Gasteiger charge is 1.67. The zero-order valence-corrected chi connectivity index (χ0v) is 3.10. The Labute approximate surface area is 31.4 Å². The van der Waals surface area contributed by atoms with E-state index in [2.05, 4.69) is 4.65 Å². The van der Waals surface area contributed by atoms with Gasteiger partial charge in [0.1, 0.15) is 0 Å². The van der Waals surface area contributed by atoms with Crippen LogP contribution in [-0.2, 0) is 9.45 Å². The maximum atomic E-state index is 9.18. The van der Waals surface area contributed by atoms with Gasteiger partial charge in [-0.15, -0.1) is 0 Å². The van der Waals surface area contributed by atoms with Crippen LogP contribution in [0.15, 0.2) is 0 Å². The summed E-state index contributed by atoms with van der Waals surface area (Å²) in [7, 11) is 0.476. The quantitative estimate of drug-likeness (QED) is 0.326. The molecule has 0 heterocycles. The molecule has 0 amide bonds. The van der Waals surface area contributed by atoms with Crippen molar-refractivity contribution in [2.45, 2.75) is 6.82 Å². The first kappa shape index (κ1) is 4.53. The third-order valence-electron chi connectivity index (χ3n) is 0.235. The maximum absolute atomic E-state index is 9.18. The Balaban J connectivity index is 2.40. The minimum Gasteiger partial charge on any atom is -0.542 e. The maximum Gasteiger partial charge on any atom is 0.340 e. The van der Waals surface area contributed by atoms with Crippen LogP contribution in [0.5, 0.6) is 0 Å². The smallest absolute Gasteiger partial charge is 0.340 e. The SMILES string of the molecule is CBOC=O. The van der Waals surface area contributed by atoms with Crippen molar-refractivity contribution in [3.63, 3.8) is 0 Å². The van der Waals surface area contributed by atoms with Crippen molar-refractivity contribution in [3.8, 4) is 0 Å². The van der Waals surface area contributed by atoms with Crippen molar-refractivity contribution >= 4 is 14.0 Å². The van der Waals surface area contributed by atoms with E-state index in [0.29, 0.717) is 14.0 Å². The zero-order valence-electron chi connectivity index (χ0n) is 3.10. The average molecular weight is 71.9 g/mol. The molecule has 0 unspecified atom stereocenters. The van der Waals surface area contributed by atoms with E-state index < -0.39 is 0 Å². The Hall–Kier alpha value is -0.465. The van der Waals surface area contributed by atoms with Gasteiger partial charge in [0.15, 0.2) is 0 Å². The number of rotatable bonds is 2. The third kappa shape index (κ3) is 3.53. The summed E-state index contributed by atoms with van der Waals surface area (Å²) in [5.41, 5.74) is 0. The fourth-order valence-electron chi connectivity index (χ4n) is 0.0680. The summed E-state index contributed by atoms with van der Waals surface area (Å²) in [5, 5.41) is 0. The van der Waals surface area contributed by atoms with Crippen molar-refractivity contribution in [2.24, 2.45) is 0 Å². The topological polar surface area (TPSA) is 26.3 Å². The Morgan fingerprint density at radius 3 is 2.60 bits per heavy atom. The molecule has 0 aliphatic carbocycles. The molecule has 0 rings (SSSR count). The Bertz CT molecular complexity index is 28.8. The zero-order chi connectivity index (χ0) is 4.12. The minimum absolute atomic E-state index is 0.431. The minimum atomic E-state index is 0.431. The molecule has 0 N–H and O–H groups in total. The van der Waals surface area contributed by atoms with Crippen molar-refractivity contribution in [3.05, 3.63) is 0 Å². The van der Waals surface area contributed by atoms with E-state index in [0.717, 1.165) is 0 Å². The molecule has 0 aliphatic rings. The summed E-state index contributed by atoms with van der Waals surface area (Å²) >= 11 is 0. The molecule has 0 bridgehead atoms. The molecule has 0 fully saturated rings. The van der Waals surface area contributed by atoms with Gasteiger partial charge in [-0.3, -0.25) is 4.79 Å². The summed E-state index contributed by atoms with van der Waals surface area (Å²) in [5.74, 6) is 0. The van der Waals surface area contributed by atoms with Crippen LogP contribution >= 0.6 is 0 Å². The Kier molecular flexibility index (Phi) is 3.21. The van der Waals surface area contributed by atoms with Gasteiger partial charge >= 0.3 is 7.48 Å². The van der Waals surface area contributed by atoms with Gasteiger partial charge < -0.3 is 4.65 Å². The lowest BCUT2D eigenvalue weighted by Crippen LogP contribution is -1.85. The molecule has 3 heteroatoms. The Morgan fingerprint density at radius 2 is 2.60 bits per heavy atom. The molecule has 0 aromatic rings. The summed E-state index contributed by atoms with van der Waals surface area (Å²) in [6.07, 6.45) is 0. The molecule has 0 atom stereocenters. The van der Waals surface area contributed by atoms with Gasteiger partial charge in [0.05, 0.1) is 0 Å². The molecule has 0 aromatic heterocycles. The molecule has 0 spiro atoms. The predicted octanol–water partition coefficient (Wildman–Crippen LogP) is -0.441. The number of hydrogen-bond acceptors (Lipinski definition) is 2. The molecule has 0 aliphatic heterocycles. The molecule has 0 saturated carbocycles. The lowest BCUT2D eigenvalue weighted by molar-refractivity contribution is -0.120. The highest BCUT2D eigenvalue weighted by atomic mass is 16.5. The van der Waals surface area contributed by atoms with Crippen molar-refractivity contribution in [2.75, 3.05) is 0 Å². The van der Waals surface area contributed by atoms with E-state index in [1.165, 1.54) is 0 Å². The first-order chi connectivity index (χ1) is 2.41. The largest absolute Gasteiger partial charge is 0.542 e. The fraction of sp³-hybridized carbons (Fsp3) is 0.500. The van der Waals surface area contributed by atoms with Gasteiger partial charge in [-0.1, -0.05) is 6.82 Å². The average Bonchev–Trinajstić information content (AvgIpc) is 1.41. The highest BCUT2D eigenvalue weighted by molar-refractivity contribution is 6.27. The van der Waals surface area contributed by atoms with Gasteiger partial charge in [0.25, 0.3) is 6.47 Å². The van der Waals surface area contributed by atoms with Crippen LogP contribution in [0.1, 0.15) is 0 Å². The molecule has 0 radical (unpaired) electrons. The second-order valence-corrected chi connectivity index (χ2v) is 0.552. The van der Waals surface area contributed by atoms with Crippen LogP contribution in [0.2, 0.25) is 6.82 Å². The molecule has 0 aromatic carbocycles. The van der Waals surface area contributed by atoms with Crippen LogP contribution in [-0.4, -0.2) is 14.0 Å². The van der Waals surface area contributed by atoms with Crippen LogP contribution in [0, 0.1) is 0 Å². The number of carbonyl (C=O) groups excluding carboxylic acids is 1. The molecular formula is C2H5BO2. The second-order valence-electron chi connectivity index (χ2n) is 0.552. The number of hydrogen-bond donors (Lipinski definition) is 0. The molecular weight excluding hydrogens is 66.8 g/mol. The fourth-order valence-corrected chi connectivity index (χ4v) is 0.0680. The third-order valence-corrected chi connectivity index (χ3v) is 0.235. The monoisotopic (exact) mass is 72.0 g/mol. The van der Waals surface area contributed by atoms with Crippen LogP contribution in [0.3, 0.4) is 0 Å². The first-order valence-corrected chi connectivity index (χ1v) is 1.47. The molecule has 2 nitrogen and oxygen atoms in total. The molecule has 0 saturated heterocycles. The lowest BCUT2D eigenvalue weighted by atomic mass is 10.1. The summed E-state index contributed by atoms with van der Waals surface area (Å²) in [6.45, 7) is 2.19.